The Morgan fingerprint density at radius 2 is 1.83 bits per heavy atom. The van der Waals surface area contributed by atoms with Gasteiger partial charge in [0, 0.05) is 12.6 Å². The van der Waals surface area contributed by atoms with Crippen molar-refractivity contribution in [3.05, 3.63) is 47.7 Å². The van der Waals surface area contributed by atoms with E-state index < -0.39 is 0 Å². The number of fused-ring (bicyclic) bond motifs is 1. The van der Waals surface area contributed by atoms with Crippen LogP contribution in [0.4, 0.5) is 0 Å². The van der Waals surface area contributed by atoms with Gasteiger partial charge < -0.3 is 9.67 Å². The van der Waals surface area contributed by atoms with E-state index in [9.17, 15) is 5.11 Å². The zero-order chi connectivity index (χ0) is 12.7. The summed E-state index contributed by atoms with van der Waals surface area (Å²) < 4.78 is 1.84. The first-order valence-electron chi connectivity index (χ1n) is 5.55. The lowest BCUT2D eigenvalue weighted by molar-refractivity contribution is 0.476. The van der Waals surface area contributed by atoms with Crippen molar-refractivity contribution < 1.29 is 5.11 Å². The van der Waals surface area contributed by atoms with E-state index in [0.29, 0.717) is 5.15 Å². The number of rotatable bonds is 1. The van der Waals surface area contributed by atoms with Gasteiger partial charge in [-0.15, -0.1) is 0 Å². The molecule has 18 heavy (non-hydrogen) atoms. The molecule has 90 valence electrons. The molecule has 0 aliphatic carbocycles. The molecule has 4 heteroatoms. The van der Waals surface area contributed by atoms with Crippen LogP contribution in [0, 0.1) is 0 Å². The van der Waals surface area contributed by atoms with E-state index in [4.69, 9.17) is 11.6 Å². The summed E-state index contributed by atoms with van der Waals surface area (Å²) >= 11 is 5.99. The van der Waals surface area contributed by atoms with Crippen LogP contribution >= 0.6 is 11.6 Å². The molecule has 0 unspecified atom stereocenters. The predicted molar refractivity (Wildman–Crippen MR) is 72.8 cm³/mol. The van der Waals surface area contributed by atoms with Crippen LogP contribution in [0.5, 0.6) is 5.75 Å². The fourth-order valence-corrected chi connectivity index (χ4v) is 2.16. The number of hydrogen-bond acceptors (Lipinski definition) is 2. The van der Waals surface area contributed by atoms with Gasteiger partial charge >= 0.3 is 0 Å². The second kappa shape index (κ2) is 4.03. The second-order valence-electron chi connectivity index (χ2n) is 4.21. The Kier molecular flexibility index (Phi) is 2.49. The number of imidazole rings is 1. The maximum absolute atomic E-state index is 9.43. The number of halogens is 1. The highest BCUT2D eigenvalue weighted by molar-refractivity contribution is 6.29. The van der Waals surface area contributed by atoms with Crippen molar-refractivity contribution in [2.24, 2.45) is 7.05 Å². The van der Waals surface area contributed by atoms with Crippen molar-refractivity contribution in [1.29, 1.82) is 0 Å². The van der Waals surface area contributed by atoms with Crippen molar-refractivity contribution in [3.8, 4) is 17.1 Å². The SMILES string of the molecule is Cn1c(Cl)cnc1-c1ccc2cc(O)ccc2c1. The number of hydrogen-bond donors (Lipinski definition) is 1. The molecular formula is C14H11ClN2O. The van der Waals surface area contributed by atoms with E-state index >= 15 is 0 Å². The highest BCUT2D eigenvalue weighted by atomic mass is 35.5. The Bertz CT molecular complexity index is 734. The van der Waals surface area contributed by atoms with Crippen LogP contribution < -0.4 is 0 Å². The van der Waals surface area contributed by atoms with Crippen LogP contribution in [-0.4, -0.2) is 14.7 Å². The van der Waals surface area contributed by atoms with Gasteiger partial charge in [0.2, 0.25) is 0 Å². The fourth-order valence-electron chi connectivity index (χ4n) is 2.03. The summed E-state index contributed by atoms with van der Waals surface area (Å²) in [7, 11) is 1.88. The molecule has 0 saturated carbocycles. The molecule has 0 atom stereocenters. The Morgan fingerprint density at radius 1 is 1.11 bits per heavy atom. The van der Waals surface area contributed by atoms with E-state index in [-0.39, 0.29) is 5.75 Å². The van der Waals surface area contributed by atoms with Crippen LogP contribution in [0.3, 0.4) is 0 Å². The van der Waals surface area contributed by atoms with Gasteiger partial charge in [-0.1, -0.05) is 29.8 Å². The van der Waals surface area contributed by atoms with E-state index in [1.807, 2.05) is 35.9 Å². The van der Waals surface area contributed by atoms with Gasteiger partial charge in [-0.3, -0.25) is 0 Å². The lowest BCUT2D eigenvalue weighted by Crippen LogP contribution is -1.92. The number of phenols is 1. The standard InChI is InChI=1S/C14H11ClN2O/c1-17-13(15)8-16-14(17)11-3-2-10-7-12(18)5-4-9(10)6-11/h2-8,18H,1H3. The third-order valence-electron chi connectivity index (χ3n) is 3.01. The molecule has 3 rings (SSSR count). The zero-order valence-corrected chi connectivity index (χ0v) is 10.5. The third kappa shape index (κ3) is 1.73. The third-order valence-corrected chi connectivity index (χ3v) is 3.36. The minimum Gasteiger partial charge on any atom is -0.508 e. The average molecular weight is 259 g/mol. The summed E-state index contributed by atoms with van der Waals surface area (Å²) in [5.41, 5.74) is 1.00. The Morgan fingerprint density at radius 3 is 2.56 bits per heavy atom. The maximum Gasteiger partial charge on any atom is 0.140 e. The molecule has 0 aliphatic rings. The molecule has 0 spiro atoms. The van der Waals surface area contributed by atoms with Gasteiger partial charge in [0.1, 0.15) is 16.7 Å². The van der Waals surface area contributed by atoms with Crippen LogP contribution in [0.1, 0.15) is 0 Å². The summed E-state index contributed by atoms with van der Waals surface area (Å²) in [4.78, 5) is 4.29. The van der Waals surface area contributed by atoms with Crippen LogP contribution in [0.15, 0.2) is 42.6 Å². The predicted octanol–water partition coefficient (Wildman–Crippen LogP) is 3.60. The van der Waals surface area contributed by atoms with Gasteiger partial charge in [-0.05, 0) is 29.0 Å². The Labute approximate surface area is 109 Å². The highest BCUT2D eigenvalue weighted by Gasteiger charge is 2.07. The molecule has 0 aliphatic heterocycles. The van der Waals surface area contributed by atoms with Crippen LogP contribution in [0.25, 0.3) is 22.2 Å². The molecule has 3 nitrogen and oxygen atoms in total. The highest BCUT2D eigenvalue weighted by Crippen LogP contribution is 2.27. The summed E-state index contributed by atoms with van der Waals surface area (Å²) in [5.74, 6) is 1.10. The lowest BCUT2D eigenvalue weighted by Gasteiger charge is -2.05. The van der Waals surface area contributed by atoms with Gasteiger partial charge in [0.05, 0.1) is 6.20 Å². The quantitative estimate of drug-likeness (QED) is 0.724. The van der Waals surface area contributed by atoms with E-state index in [1.165, 1.54) is 0 Å². The molecule has 1 N–H and O–H groups in total. The lowest BCUT2D eigenvalue weighted by atomic mass is 10.1. The number of aromatic hydroxyl groups is 1. The van der Waals surface area contributed by atoms with Crippen molar-refractivity contribution in [2.45, 2.75) is 0 Å². The normalized spacial score (nSPS) is 11.0. The van der Waals surface area contributed by atoms with Gasteiger partial charge in [0.15, 0.2) is 0 Å². The minimum atomic E-state index is 0.273. The van der Waals surface area contributed by atoms with Gasteiger partial charge in [0.25, 0.3) is 0 Å². The van der Waals surface area contributed by atoms with E-state index in [2.05, 4.69) is 4.98 Å². The molecule has 0 fully saturated rings. The van der Waals surface area contributed by atoms with Crippen molar-refractivity contribution in [3.63, 3.8) is 0 Å². The Hall–Kier alpha value is -2.00. The number of phenolic OH excluding ortho intramolecular Hbond substituents is 1. The van der Waals surface area contributed by atoms with Gasteiger partial charge in [-0.25, -0.2) is 4.98 Å². The molecular weight excluding hydrogens is 248 g/mol. The Balaban J connectivity index is 2.19. The van der Waals surface area contributed by atoms with E-state index in [1.54, 1.807) is 18.3 Å². The second-order valence-corrected chi connectivity index (χ2v) is 4.60. The average Bonchev–Trinajstić information content (AvgIpc) is 2.69. The fraction of sp³-hybridized carbons (Fsp3) is 0.0714. The molecule has 0 bridgehead atoms. The minimum absolute atomic E-state index is 0.273. The monoisotopic (exact) mass is 258 g/mol. The zero-order valence-electron chi connectivity index (χ0n) is 9.76. The van der Waals surface area contributed by atoms with Crippen molar-refractivity contribution >= 4 is 22.4 Å². The number of nitrogens with zero attached hydrogens (tertiary/aromatic N) is 2. The maximum atomic E-state index is 9.43. The molecule has 0 radical (unpaired) electrons. The summed E-state index contributed by atoms with van der Waals surface area (Å²) in [5, 5.41) is 12.1. The molecule has 0 saturated heterocycles. The summed E-state index contributed by atoms with van der Waals surface area (Å²) in [6.45, 7) is 0. The molecule has 1 heterocycles. The molecule has 2 aromatic carbocycles. The summed E-state index contributed by atoms with van der Waals surface area (Å²) in [6, 6.07) is 11.3. The van der Waals surface area contributed by atoms with E-state index in [0.717, 1.165) is 22.2 Å². The summed E-state index contributed by atoms with van der Waals surface area (Å²) in [6.07, 6.45) is 1.64. The largest absolute Gasteiger partial charge is 0.508 e. The smallest absolute Gasteiger partial charge is 0.140 e. The van der Waals surface area contributed by atoms with Gasteiger partial charge in [-0.2, -0.15) is 0 Å². The first kappa shape index (κ1) is 11.1. The number of benzene rings is 2. The van der Waals surface area contributed by atoms with Crippen molar-refractivity contribution in [2.75, 3.05) is 0 Å². The first-order valence-corrected chi connectivity index (χ1v) is 5.93. The van der Waals surface area contributed by atoms with Crippen LogP contribution in [0.2, 0.25) is 5.15 Å². The molecule has 1 aromatic heterocycles. The molecule has 3 aromatic rings. The van der Waals surface area contributed by atoms with Crippen LogP contribution in [-0.2, 0) is 7.05 Å². The first-order chi connectivity index (χ1) is 8.65. The molecule has 0 amide bonds. The topological polar surface area (TPSA) is 38.0 Å². The number of aromatic nitrogens is 2. The van der Waals surface area contributed by atoms with Crippen molar-refractivity contribution in [1.82, 2.24) is 9.55 Å².